The highest BCUT2D eigenvalue weighted by Gasteiger charge is 2.17. The molecular weight excluding hydrogens is 296 g/mol. The summed E-state index contributed by atoms with van der Waals surface area (Å²) in [5.74, 6) is -0.273. The van der Waals surface area contributed by atoms with Gasteiger partial charge in [-0.05, 0) is 52.5 Å². The molecule has 22 heavy (non-hydrogen) atoms. The Kier molecular flexibility index (Phi) is 13.6. The molecule has 0 rings (SSSR count). The molecule has 4 nitrogen and oxygen atoms in total. The zero-order valence-corrected chi connectivity index (χ0v) is 16.0. The molecule has 0 aliphatic rings. The van der Waals surface area contributed by atoms with E-state index in [-0.39, 0.29) is 12.1 Å². The van der Waals surface area contributed by atoms with Gasteiger partial charge in [-0.2, -0.15) is 0 Å². The summed E-state index contributed by atoms with van der Waals surface area (Å²) in [6.45, 7) is 12.9. The van der Waals surface area contributed by atoms with Crippen molar-refractivity contribution in [2.24, 2.45) is 0 Å². The predicted octanol–water partition coefficient (Wildman–Crippen LogP) is 4.13. The summed E-state index contributed by atoms with van der Waals surface area (Å²) in [5.41, 5.74) is 0.469. The highest BCUT2D eigenvalue weighted by molar-refractivity contribution is 6.44. The fraction of sp³-hybridized carbons (Fsp3) is 0.824. The number of carbonyl (C=O) groups excluding carboxylic acids is 1. The Bertz CT molecular complexity index is 301. The predicted molar refractivity (Wildman–Crippen MR) is 93.3 cm³/mol. The molecule has 0 bridgehead atoms. The molecule has 0 N–H and O–H groups in total. The van der Waals surface area contributed by atoms with Gasteiger partial charge in [0.25, 0.3) is 0 Å². The Hall–Kier alpha value is -0.653. The van der Waals surface area contributed by atoms with Crippen LogP contribution in [0.3, 0.4) is 0 Å². The molecule has 0 radical (unpaired) electrons. The molecule has 0 amide bonds. The van der Waals surface area contributed by atoms with Gasteiger partial charge < -0.3 is 13.6 Å². The van der Waals surface area contributed by atoms with Crippen molar-refractivity contribution in [3.05, 3.63) is 12.2 Å². The van der Waals surface area contributed by atoms with Gasteiger partial charge in [-0.3, -0.25) is 0 Å². The summed E-state index contributed by atoms with van der Waals surface area (Å²) in [5, 5.41) is 0. The number of hydrogen-bond acceptors (Lipinski definition) is 4. The van der Waals surface area contributed by atoms with Gasteiger partial charge in [0.05, 0.1) is 0 Å². The number of carbonyl (C=O) groups is 1. The molecule has 0 heterocycles. The van der Waals surface area contributed by atoms with Gasteiger partial charge in [-0.1, -0.05) is 26.3 Å². The van der Waals surface area contributed by atoms with Gasteiger partial charge >= 0.3 is 15.3 Å². The normalized spacial score (nSPS) is 12.4. The number of ether oxygens (including phenoxy) is 1. The van der Waals surface area contributed by atoms with E-state index in [2.05, 4.69) is 13.5 Å². The van der Waals surface area contributed by atoms with Crippen molar-refractivity contribution < 1.29 is 18.4 Å². The second-order valence-corrected chi connectivity index (χ2v) is 7.68. The lowest BCUT2D eigenvalue weighted by Gasteiger charge is -2.19. The number of rotatable bonds is 14. The van der Waals surface area contributed by atoms with Crippen molar-refractivity contribution in [2.45, 2.75) is 78.4 Å². The molecule has 1 unspecified atom stereocenters. The Morgan fingerprint density at radius 3 is 2.14 bits per heavy atom. The average molecular weight is 331 g/mol. The molecule has 0 spiro atoms. The highest BCUT2D eigenvalue weighted by atomic mass is 28.3. The Morgan fingerprint density at radius 2 is 1.64 bits per heavy atom. The molecule has 0 saturated carbocycles. The maximum atomic E-state index is 11.7. The first-order valence-corrected chi connectivity index (χ1v) is 10.4. The minimum atomic E-state index is -1.54. The minimum Gasteiger partial charge on any atom is -0.459 e. The summed E-state index contributed by atoms with van der Waals surface area (Å²) < 4.78 is 16.9. The van der Waals surface area contributed by atoms with Crippen LogP contribution in [0.25, 0.3) is 0 Å². The van der Waals surface area contributed by atoms with Gasteiger partial charge in [-0.15, -0.1) is 0 Å². The zero-order valence-electron chi connectivity index (χ0n) is 14.9. The molecule has 0 aliphatic carbocycles. The van der Waals surface area contributed by atoms with Crippen LogP contribution in [0.5, 0.6) is 0 Å². The third-order valence-electron chi connectivity index (χ3n) is 3.42. The maximum Gasteiger partial charge on any atom is 0.333 e. The third-order valence-corrected chi connectivity index (χ3v) is 5.71. The first-order valence-electron chi connectivity index (χ1n) is 8.64. The van der Waals surface area contributed by atoms with Crippen molar-refractivity contribution in [3.8, 4) is 0 Å². The molecule has 0 aromatic heterocycles. The number of unbranched alkanes of at least 4 members (excludes halogenated alkanes) is 2. The van der Waals surface area contributed by atoms with Gasteiger partial charge in [0, 0.05) is 18.8 Å². The van der Waals surface area contributed by atoms with E-state index < -0.39 is 9.28 Å². The average Bonchev–Trinajstić information content (AvgIpc) is 2.47. The van der Waals surface area contributed by atoms with Crippen LogP contribution in [-0.4, -0.2) is 34.6 Å². The minimum absolute atomic E-state index is 0.00588. The van der Waals surface area contributed by atoms with E-state index in [4.69, 9.17) is 13.6 Å². The first-order chi connectivity index (χ1) is 10.5. The standard InChI is InChI=1S/C17H34O4Si/c1-6-9-10-12-16(21-17(18)15(4)5)13-11-14-22(19-7-2)20-8-3/h16,22H,4,6-14H2,1-3,5H3. The molecule has 5 heteroatoms. The van der Waals surface area contributed by atoms with E-state index in [1.165, 1.54) is 12.8 Å². The third kappa shape index (κ3) is 11.0. The van der Waals surface area contributed by atoms with Crippen LogP contribution in [-0.2, 0) is 18.4 Å². The van der Waals surface area contributed by atoms with E-state index in [1.807, 2.05) is 13.8 Å². The van der Waals surface area contributed by atoms with Crippen LogP contribution in [0.15, 0.2) is 12.2 Å². The molecule has 0 fully saturated rings. The van der Waals surface area contributed by atoms with Crippen LogP contribution >= 0.6 is 0 Å². The lowest BCUT2D eigenvalue weighted by Crippen LogP contribution is -2.24. The van der Waals surface area contributed by atoms with Gasteiger partial charge in [0.2, 0.25) is 0 Å². The molecule has 130 valence electrons. The summed E-state index contributed by atoms with van der Waals surface area (Å²) in [6.07, 6.45) is 6.24. The van der Waals surface area contributed by atoms with Crippen LogP contribution in [0.1, 0.15) is 66.2 Å². The number of esters is 1. The van der Waals surface area contributed by atoms with Gasteiger partial charge in [0.15, 0.2) is 0 Å². The SMILES string of the molecule is C=C(C)C(=O)OC(CCCCC)CCC[SiH](OCC)OCC. The second kappa shape index (κ2) is 14.0. The molecule has 0 aromatic carbocycles. The lowest BCUT2D eigenvalue weighted by molar-refractivity contribution is -0.144. The Balaban J connectivity index is 4.24. The van der Waals surface area contributed by atoms with Crippen molar-refractivity contribution in [1.29, 1.82) is 0 Å². The van der Waals surface area contributed by atoms with E-state index >= 15 is 0 Å². The van der Waals surface area contributed by atoms with E-state index in [0.29, 0.717) is 18.8 Å². The van der Waals surface area contributed by atoms with Gasteiger partial charge in [-0.25, -0.2) is 4.79 Å². The molecule has 0 saturated heterocycles. The molecule has 0 aromatic rings. The second-order valence-electron chi connectivity index (χ2n) is 5.57. The fourth-order valence-corrected chi connectivity index (χ4v) is 3.98. The largest absolute Gasteiger partial charge is 0.459 e. The van der Waals surface area contributed by atoms with Crippen molar-refractivity contribution >= 4 is 15.3 Å². The maximum absolute atomic E-state index is 11.7. The lowest BCUT2D eigenvalue weighted by atomic mass is 10.1. The smallest absolute Gasteiger partial charge is 0.333 e. The molecule has 0 aliphatic heterocycles. The van der Waals surface area contributed by atoms with Crippen molar-refractivity contribution in [2.75, 3.05) is 13.2 Å². The van der Waals surface area contributed by atoms with Crippen molar-refractivity contribution in [3.63, 3.8) is 0 Å². The highest BCUT2D eigenvalue weighted by Crippen LogP contribution is 2.16. The Labute approximate surface area is 138 Å². The monoisotopic (exact) mass is 330 g/mol. The Morgan fingerprint density at radius 1 is 1.05 bits per heavy atom. The van der Waals surface area contributed by atoms with Gasteiger partial charge in [0.1, 0.15) is 6.10 Å². The first kappa shape index (κ1) is 21.3. The van der Waals surface area contributed by atoms with Crippen LogP contribution in [0.2, 0.25) is 6.04 Å². The topological polar surface area (TPSA) is 44.8 Å². The summed E-state index contributed by atoms with van der Waals surface area (Å²) >= 11 is 0. The summed E-state index contributed by atoms with van der Waals surface area (Å²) in [7, 11) is -1.54. The molecule has 1 atom stereocenters. The summed E-state index contributed by atoms with van der Waals surface area (Å²) in [6, 6.07) is 0.969. The van der Waals surface area contributed by atoms with Crippen molar-refractivity contribution in [1.82, 2.24) is 0 Å². The quantitative estimate of drug-likeness (QED) is 0.208. The van der Waals surface area contributed by atoms with E-state index in [1.54, 1.807) is 6.92 Å². The van der Waals surface area contributed by atoms with Crippen LogP contribution in [0.4, 0.5) is 0 Å². The van der Waals surface area contributed by atoms with E-state index in [0.717, 1.165) is 31.7 Å². The molecular formula is C17H34O4Si. The van der Waals surface area contributed by atoms with Crippen LogP contribution < -0.4 is 0 Å². The fourth-order valence-electron chi connectivity index (χ4n) is 2.23. The van der Waals surface area contributed by atoms with E-state index in [9.17, 15) is 4.79 Å². The van der Waals surface area contributed by atoms with Crippen LogP contribution in [0, 0.1) is 0 Å². The summed E-state index contributed by atoms with van der Waals surface area (Å²) in [4.78, 5) is 11.7. The zero-order chi connectivity index (χ0) is 16.8. The number of hydrogen-bond donors (Lipinski definition) is 0.